The van der Waals surface area contributed by atoms with E-state index >= 15 is 0 Å². The Kier molecular flexibility index (Phi) is 3.61. The van der Waals surface area contributed by atoms with E-state index < -0.39 is 0 Å². The molecule has 2 heterocycles. The third-order valence-electron chi connectivity index (χ3n) is 2.73. The first-order chi connectivity index (χ1) is 7.65. The van der Waals surface area contributed by atoms with Gasteiger partial charge in [-0.05, 0) is 38.3 Å². The molecule has 1 aliphatic rings. The fourth-order valence-electron chi connectivity index (χ4n) is 1.93. The van der Waals surface area contributed by atoms with Crippen LogP contribution in [0.4, 0.5) is 5.82 Å². The predicted molar refractivity (Wildman–Crippen MR) is 63.8 cm³/mol. The van der Waals surface area contributed by atoms with Crippen LogP contribution < -0.4 is 5.32 Å². The molecule has 0 bridgehead atoms. The molecule has 0 radical (unpaired) electrons. The smallest absolute Gasteiger partial charge is 0.224 e. The quantitative estimate of drug-likeness (QED) is 0.826. The van der Waals surface area contributed by atoms with Crippen molar-refractivity contribution >= 4 is 17.4 Å². The molecule has 0 saturated carbocycles. The Morgan fingerprint density at radius 2 is 2.38 bits per heavy atom. The van der Waals surface area contributed by atoms with Gasteiger partial charge in [0.15, 0.2) is 0 Å². The minimum Gasteiger partial charge on any atom is -0.376 e. The molecule has 0 aromatic carbocycles. The van der Waals surface area contributed by atoms with Gasteiger partial charge >= 0.3 is 0 Å². The maximum Gasteiger partial charge on any atom is 0.224 e. The van der Waals surface area contributed by atoms with E-state index in [9.17, 15) is 0 Å². The fourth-order valence-corrected chi connectivity index (χ4v) is 2.15. The lowest BCUT2D eigenvalue weighted by Gasteiger charge is -2.20. The van der Waals surface area contributed by atoms with Crippen LogP contribution in [-0.2, 0) is 4.74 Å². The van der Waals surface area contributed by atoms with Gasteiger partial charge in [0.2, 0.25) is 5.28 Å². The Balaban J connectivity index is 2.02. The van der Waals surface area contributed by atoms with E-state index in [0.717, 1.165) is 31.0 Å². The van der Waals surface area contributed by atoms with Crippen molar-refractivity contribution in [1.82, 2.24) is 9.97 Å². The van der Waals surface area contributed by atoms with E-state index in [1.165, 1.54) is 0 Å². The second-order valence-electron chi connectivity index (χ2n) is 4.15. The number of aryl methyl sites for hydroxylation is 1. The van der Waals surface area contributed by atoms with Crippen molar-refractivity contribution in [2.24, 2.45) is 0 Å². The lowest BCUT2D eigenvalue weighted by molar-refractivity contribution is 0.0995. The first-order valence-corrected chi connectivity index (χ1v) is 5.92. The monoisotopic (exact) mass is 241 g/mol. The van der Waals surface area contributed by atoms with Crippen molar-refractivity contribution < 1.29 is 4.74 Å². The second kappa shape index (κ2) is 4.97. The van der Waals surface area contributed by atoms with Crippen molar-refractivity contribution in [2.45, 2.75) is 38.8 Å². The van der Waals surface area contributed by atoms with Crippen molar-refractivity contribution in [3.8, 4) is 0 Å². The highest BCUT2D eigenvalue weighted by Gasteiger charge is 2.22. The molecule has 1 aliphatic heterocycles. The summed E-state index contributed by atoms with van der Waals surface area (Å²) in [6.45, 7) is 4.86. The van der Waals surface area contributed by atoms with Gasteiger partial charge in [0.25, 0.3) is 0 Å². The second-order valence-corrected chi connectivity index (χ2v) is 4.49. The van der Waals surface area contributed by atoms with Crippen LogP contribution in [0.1, 0.15) is 25.5 Å². The van der Waals surface area contributed by atoms with Crippen molar-refractivity contribution in [3.05, 3.63) is 17.0 Å². The minimum absolute atomic E-state index is 0.243. The normalized spacial score (nSPS) is 22.1. The SMILES string of the molecule is Cc1cc(NC(C)C2CCCO2)nc(Cl)n1. The molecule has 16 heavy (non-hydrogen) atoms. The van der Waals surface area contributed by atoms with Crippen LogP contribution >= 0.6 is 11.6 Å². The van der Waals surface area contributed by atoms with Gasteiger partial charge in [0.05, 0.1) is 12.1 Å². The summed E-state index contributed by atoms with van der Waals surface area (Å²) >= 11 is 5.80. The average Bonchev–Trinajstić information content (AvgIpc) is 2.68. The number of rotatable bonds is 3. The van der Waals surface area contributed by atoms with E-state index in [1.807, 2.05) is 13.0 Å². The summed E-state index contributed by atoms with van der Waals surface area (Å²) in [5.74, 6) is 0.764. The highest BCUT2D eigenvalue weighted by Crippen LogP contribution is 2.19. The van der Waals surface area contributed by atoms with Crippen LogP contribution in [0.25, 0.3) is 0 Å². The molecular formula is C11H16ClN3O. The zero-order valence-electron chi connectivity index (χ0n) is 9.53. The van der Waals surface area contributed by atoms with Crippen LogP contribution in [0.15, 0.2) is 6.07 Å². The molecule has 2 atom stereocenters. The summed E-state index contributed by atoms with van der Waals surface area (Å²) in [6, 6.07) is 2.13. The molecule has 0 aliphatic carbocycles. The number of anilines is 1. The van der Waals surface area contributed by atoms with Crippen molar-refractivity contribution in [2.75, 3.05) is 11.9 Å². The summed E-state index contributed by atoms with van der Waals surface area (Å²) in [5.41, 5.74) is 0.863. The number of hydrogen-bond donors (Lipinski definition) is 1. The lowest BCUT2D eigenvalue weighted by atomic mass is 10.1. The Bertz CT molecular complexity index is 346. The first-order valence-electron chi connectivity index (χ1n) is 5.54. The van der Waals surface area contributed by atoms with Gasteiger partial charge in [0, 0.05) is 18.4 Å². The van der Waals surface area contributed by atoms with E-state index in [4.69, 9.17) is 16.3 Å². The van der Waals surface area contributed by atoms with Gasteiger partial charge in [0.1, 0.15) is 5.82 Å². The molecule has 1 aromatic heterocycles. The molecule has 5 heteroatoms. The first kappa shape index (κ1) is 11.6. The number of ether oxygens (including phenoxy) is 1. The summed E-state index contributed by atoms with van der Waals surface area (Å²) in [5, 5.41) is 3.58. The lowest BCUT2D eigenvalue weighted by Crippen LogP contribution is -2.30. The van der Waals surface area contributed by atoms with Gasteiger partial charge in [-0.15, -0.1) is 0 Å². The molecule has 2 unspecified atom stereocenters. The molecule has 0 amide bonds. The molecule has 1 N–H and O–H groups in total. The van der Waals surface area contributed by atoms with E-state index in [-0.39, 0.29) is 17.4 Å². The van der Waals surface area contributed by atoms with E-state index in [0.29, 0.717) is 0 Å². The maximum absolute atomic E-state index is 5.80. The number of nitrogens with zero attached hydrogens (tertiary/aromatic N) is 2. The Labute approximate surface area is 100 Å². The Hall–Kier alpha value is -0.870. The zero-order valence-corrected chi connectivity index (χ0v) is 10.3. The van der Waals surface area contributed by atoms with E-state index in [1.54, 1.807) is 0 Å². The number of aromatic nitrogens is 2. The standard InChI is InChI=1S/C11H16ClN3O/c1-7-6-10(15-11(12)13-7)14-8(2)9-4-3-5-16-9/h6,8-9H,3-5H2,1-2H3,(H,13,14,15). The van der Waals surface area contributed by atoms with Gasteiger partial charge in [-0.25, -0.2) is 9.97 Å². The molecule has 1 aromatic rings. The summed E-state index contributed by atoms with van der Waals surface area (Å²) < 4.78 is 5.61. The highest BCUT2D eigenvalue weighted by molar-refractivity contribution is 6.28. The molecule has 0 spiro atoms. The van der Waals surface area contributed by atoms with Gasteiger partial charge < -0.3 is 10.1 Å². The summed E-state index contributed by atoms with van der Waals surface area (Å²) in [6.07, 6.45) is 2.51. The molecule has 88 valence electrons. The van der Waals surface area contributed by atoms with E-state index in [2.05, 4.69) is 22.2 Å². The minimum atomic E-state index is 0.243. The maximum atomic E-state index is 5.80. The third-order valence-corrected chi connectivity index (χ3v) is 2.89. The number of nitrogens with one attached hydrogen (secondary N) is 1. The summed E-state index contributed by atoms with van der Waals surface area (Å²) in [4.78, 5) is 8.16. The molecule has 1 saturated heterocycles. The summed E-state index contributed by atoms with van der Waals surface area (Å²) in [7, 11) is 0. The molecule has 1 fully saturated rings. The average molecular weight is 242 g/mol. The van der Waals surface area contributed by atoms with Crippen LogP contribution in [0, 0.1) is 6.92 Å². The Morgan fingerprint density at radius 1 is 1.56 bits per heavy atom. The number of hydrogen-bond acceptors (Lipinski definition) is 4. The Morgan fingerprint density at radius 3 is 3.00 bits per heavy atom. The fraction of sp³-hybridized carbons (Fsp3) is 0.636. The topological polar surface area (TPSA) is 47.0 Å². The van der Waals surface area contributed by atoms with Crippen LogP contribution in [0.2, 0.25) is 5.28 Å². The third kappa shape index (κ3) is 2.83. The highest BCUT2D eigenvalue weighted by atomic mass is 35.5. The molecule has 4 nitrogen and oxygen atoms in total. The van der Waals surface area contributed by atoms with Crippen molar-refractivity contribution in [3.63, 3.8) is 0 Å². The predicted octanol–water partition coefficient (Wildman–Crippen LogP) is 2.42. The molecule has 2 rings (SSSR count). The zero-order chi connectivity index (χ0) is 11.5. The van der Waals surface area contributed by atoms with Crippen molar-refractivity contribution in [1.29, 1.82) is 0 Å². The molecular weight excluding hydrogens is 226 g/mol. The largest absolute Gasteiger partial charge is 0.376 e. The number of halogens is 1. The van der Waals surface area contributed by atoms with Gasteiger partial charge in [-0.2, -0.15) is 0 Å². The van der Waals surface area contributed by atoms with Crippen LogP contribution in [-0.4, -0.2) is 28.7 Å². The van der Waals surface area contributed by atoms with Gasteiger partial charge in [-0.1, -0.05) is 0 Å². The van der Waals surface area contributed by atoms with Crippen LogP contribution in [0.5, 0.6) is 0 Å². The van der Waals surface area contributed by atoms with Crippen LogP contribution in [0.3, 0.4) is 0 Å². The van der Waals surface area contributed by atoms with Gasteiger partial charge in [-0.3, -0.25) is 0 Å².